The Labute approximate surface area is 149 Å². The molecule has 0 bridgehead atoms. The van der Waals surface area contributed by atoms with Gasteiger partial charge < -0.3 is 10.2 Å². The van der Waals surface area contributed by atoms with Gasteiger partial charge in [-0.15, -0.1) is 0 Å². The lowest BCUT2D eigenvalue weighted by Crippen LogP contribution is -2.53. The third kappa shape index (κ3) is 2.16. The maximum Gasteiger partial charge on any atom is 0.331 e. The van der Waals surface area contributed by atoms with Crippen LogP contribution in [0.4, 0.5) is 0 Å². The second-order valence-electron chi connectivity index (χ2n) is 8.94. The molecule has 136 valence electrons. The van der Waals surface area contributed by atoms with Gasteiger partial charge in [0.2, 0.25) is 0 Å². The fourth-order valence-corrected chi connectivity index (χ4v) is 6.95. The van der Waals surface area contributed by atoms with E-state index in [9.17, 15) is 19.8 Å². The predicted octanol–water partition coefficient (Wildman–Crippen LogP) is 3.50. The van der Waals surface area contributed by atoms with Crippen LogP contribution in [-0.2, 0) is 9.59 Å². The summed E-state index contributed by atoms with van der Waals surface area (Å²) < 4.78 is 0. The Bertz CT molecular complexity index is 677. The molecule has 4 nitrogen and oxygen atoms in total. The number of hydrogen-bond donors (Lipinski definition) is 2. The van der Waals surface area contributed by atoms with E-state index in [2.05, 4.69) is 13.5 Å². The minimum absolute atomic E-state index is 0.0291. The molecule has 3 fully saturated rings. The van der Waals surface area contributed by atoms with E-state index < -0.39 is 11.4 Å². The van der Waals surface area contributed by atoms with Crippen LogP contribution in [0, 0.1) is 28.6 Å². The molecule has 4 aliphatic carbocycles. The molecule has 3 saturated carbocycles. The Morgan fingerprint density at radius 1 is 1.16 bits per heavy atom. The Morgan fingerprint density at radius 3 is 2.64 bits per heavy atom. The monoisotopic (exact) mass is 344 g/mol. The SMILES string of the molecule is C=C(C(=O)O)[C@]12CCC(=O)C=C1CC[C@@H]1[C@@H]2CC[C@]2(C)[C@@H](O)CC[C@@H]12. The number of ketones is 1. The van der Waals surface area contributed by atoms with Gasteiger partial charge in [-0.3, -0.25) is 4.79 Å². The van der Waals surface area contributed by atoms with E-state index in [0.29, 0.717) is 24.7 Å². The zero-order valence-corrected chi connectivity index (χ0v) is 15.0. The molecule has 0 spiro atoms. The van der Waals surface area contributed by atoms with Gasteiger partial charge in [0.05, 0.1) is 6.10 Å². The summed E-state index contributed by atoms with van der Waals surface area (Å²) in [5, 5.41) is 20.3. The van der Waals surface area contributed by atoms with E-state index in [0.717, 1.165) is 44.1 Å². The average Bonchev–Trinajstić information content (AvgIpc) is 2.89. The topological polar surface area (TPSA) is 74.6 Å². The third-order valence-electron chi connectivity index (χ3n) is 8.24. The molecule has 2 N–H and O–H groups in total. The molecule has 0 saturated heterocycles. The van der Waals surface area contributed by atoms with Crippen molar-refractivity contribution in [2.24, 2.45) is 28.6 Å². The molecular formula is C21H28O4. The molecule has 0 amide bonds. The largest absolute Gasteiger partial charge is 0.478 e. The summed E-state index contributed by atoms with van der Waals surface area (Å²) in [6, 6.07) is 0. The third-order valence-corrected chi connectivity index (χ3v) is 8.24. The van der Waals surface area contributed by atoms with Crippen molar-refractivity contribution in [3.8, 4) is 0 Å². The first kappa shape index (κ1) is 17.0. The quantitative estimate of drug-likeness (QED) is 0.752. The lowest BCUT2D eigenvalue weighted by Gasteiger charge is -2.58. The number of hydrogen-bond acceptors (Lipinski definition) is 3. The van der Waals surface area contributed by atoms with Crippen LogP contribution >= 0.6 is 0 Å². The number of aliphatic hydroxyl groups is 1. The fourth-order valence-electron chi connectivity index (χ4n) is 6.95. The summed E-state index contributed by atoms with van der Waals surface area (Å²) in [4.78, 5) is 23.9. The first-order valence-corrected chi connectivity index (χ1v) is 9.65. The second kappa shape index (κ2) is 5.54. The van der Waals surface area contributed by atoms with Crippen LogP contribution in [0.1, 0.15) is 58.3 Å². The Kier molecular flexibility index (Phi) is 3.77. The van der Waals surface area contributed by atoms with Crippen LogP contribution in [0.15, 0.2) is 23.8 Å². The smallest absolute Gasteiger partial charge is 0.331 e. The molecule has 6 atom stereocenters. The first-order chi connectivity index (χ1) is 11.8. The van der Waals surface area contributed by atoms with Crippen molar-refractivity contribution in [2.75, 3.05) is 0 Å². The highest BCUT2D eigenvalue weighted by Gasteiger charge is 2.61. The van der Waals surface area contributed by atoms with E-state index in [-0.39, 0.29) is 28.8 Å². The minimum Gasteiger partial charge on any atom is -0.478 e. The van der Waals surface area contributed by atoms with E-state index in [1.165, 1.54) is 0 Å². The molecule has 4 aliphatic rings. The van der Waals surface area contributed by atoms with Crippen molar-refractivity contribution in [2.45, 2.75) is 64.4 Å². The number of aliphatic hydroxyl groups excluding tert-OH is 1. The van der Waals surface area contributed by atoms with E-state index in [1.807, 2.05) is 0 Å². The Balaban J connectivity index is 1.79. The van der Waals surface area contributed by atoms with Gasteiger partial charge in [0.1, 0.15) is 0 Å². The maximum atomic E-state index is 12.0. The standard InChI is InChI=1S/C21H28O4/c1-12(19(24)25)21-10-7-14(22)11-13(21)3-4-15-16-5-6-18(23)20(16,2)9-8-17(15)21/h11,15-18,23H,1,3-10H2,2H3,(H,24,25)/t15-,16-,17-,18-,20-,21+/m0/s1. The predicted molar refractivity (Wildman–Crippen MR) is 93.8 cm³/mol. The van der Waals surface area contributed by atoms with Crippen LogP contribution < -0.4 is 0 Å². The summed E-state index contributed by atoms with van der Waals surface area (Å²) in [7, 11) is 0. The summed E-state index contributed by atoms with van der Waals surface area (Å²) in [5.41, 5.74) is 0.721. The second-order valence-corrected chi connectivity index (χ2v) is 8.94. The zero-order chi connectivity index (χ0) is 18.0. The van der Waals surface area contributed by atoms with Crippen molar-refractivity contribution in [3.05, 3.63) is 23.8 Å². The van der Waals surface area contributed by atoms with Crippen molar-refractivity contribution in [1.29, 1.82) is 0 Å². The number of fused-ring (bicyclic) bond motifs is 5. The highest BCUT2D eigenvalue weighted by atomic mass is 16.4. The number of aliphatic carboxylic acids is 1. The van der Waals surface area contributed by atoms with Crippen molar-refractivity contribution < 1.29 is 19.8 Å². The Morgan fingerprint density at radius 2 is 1.92 bits per heavy atom. The van der Waals surface area contributed by atoms with Gasteiger partial charge in [-0.05, 0) is 74.2 Å². The number of carbonyl (C=O) groups excluding carboxylic acids is 1. The van der Waals surface area contributed by atoms with Gasteiger partial charge >= 0.3 is 5.97 Å². The average molecular weight is 344 g/mol. The number of carboxylic acid groups (broad SMARTS) is 1. The lowest BCUT2D eigenvalue weighted by molar-refractivity contribution is -0.136. The van der Waals surface area contributed by atoms with Crippen molar-refractivity contribution in [3.63, 3.8) is 0 Å². The maximum absolute atomic E-state index is 12.0. The van der Waals surface area contributed by atoms with Gasteiger partial charge in [0.25, 0.3) is 0 Å². The summed E-state index contributed by atoms with van der Waals surface area (Å²) in [6.45, 7) is 6.21. The van der Waals surface area contributed by atoms with Crippen LogP contribution in [0.25, 0.3) is 0 Å². The zero-order valence-electron chi connectivity index (χ0n) is 15.0. The van der Waals surface area contributed by atoms with Crippen LogP contribution in [0.5, 0.6) is 0 Å². The van der Waals surface area contributed by atoms with Crippen molar-refractivity contribution >= 4 is 11.8 Å². The molecule has 4 heteroatoms. The van der Waals surface area contributed by atoms with Gasteiger partial charge in [-0.1, -0.05) is 19.1 Å². The van der Waals surface area contributed by atoms with E-state index >= 15 is 0 Å². The molecule has 0 aliphatic heterocycles. The highest BCUT2D eigenvalue weighted by Crippen LogP contribution is 2.66. The van der Waals surface area contributed by atoms with Crippen LogP contribution in [0.3, 0.4) is 0 Å². The van der Waals surface area contributed by atoms with E-state index in [1.54, 1.807) is 6.08 Å². The first-order valence-electron chi connectivity index (χ1n) is 9.65. The van der Waals surface area contributed by atoms with Gasteiger partial charge in [-0.25, -0.2) is 4.79 Å². The molecule has 25 heavy (non-hydrogen) atoms. The molecule has 0 heterocycles. The molecule has 0 aromatic carbocycles. The van der Waals surface area contributed by atoms with Crippen LogP contribution in [-0.4, -0.2) is 28.1 Å². The minimum atomic E-state index is -0.930. The number of allylic oxidation sites excluding steroid dienone is 1. The summed E-state index contributed by atoms with van der Waals surface area (Å²) in [5.74, 6) is 0.323. The molecule has 0 aromatic rings. The molecular weight excluding hydrogens is 316 g/mol. The Hall–Kier alpha value is -1.42. The molecule has 0 radical (unpaired) electrons. The number of rotatable bonds is 2. The van der Waals surface area contributed by atoms with Crippen LogP contribution in [0.2, 0.25) is 0 Å². The lowest BCUT2D eigenvalue weighted by atomic mass is 9.45. The summed E-state index contributed by atoms with van der Waals surface area (Å²) >= 11 is 0. The highest BCUT2D eigenvalue weighted by molar-refractivity contribution is 5.95. The van der Waals surface area contributed by atoms with Gasteiger partial charge in [0, 0.05) is 17.4 Å². The van der Waals surface area contributed by atoms with Crippen molar-refractivity contribution in [1.82, 2.24) is 0 Å². The normalized spacial score (nSPS) is 45.8. The molecule has 0 aromatic heterocycles. The fraction of sp³-hybridized carbons (Fsp3) is 0.714. The van der Waals surface area contributed by atoms with E-state index in [4.69, 9.17) is 0 Å². The van der Waals surface area contributed by atoms with Gasteiger partial charge in [-0.2, -0.15) is 0 Å². The molecule has 0 unspecified atom stereocenters. The van der Waals surface area contributed by atoms with Gasteiger partial charge in [0.15, 0.2) is 5.78 Å². The number of carboxylic acids is 1. The molecule has 4 rings (SSSR count). The number of carbonyl (C=O) groups is 2. The summed E-state index contributed by atoms with van der Waals surface area (Å²) in [6.07, 6.45) is 8.06.